The van der Waals surface area contributed by atoms with E-state index >= 15 is 0 Å². The van der Waals surface area contributed by atoms with Gasteiger partial charge in [0.25, 0.3) is 0 Å². The van der Waals surface area contributed by atoms with E-state index in [1.807, 2.05) is 0 Å². The average Bonchev–Trinajstić information content (AvgIpc) is 1.88. The molecule has 0 aromatic carbocycles. The van der Waals surface area contributed by atoms with Crippen LogP contribution in [0, 0.1) is 9.85 Å². The molecule has 10 heavy (non-hydrogen) atoms. The van der Waals surface area contributed by atoms with Gasteiger partial charge in [-0.2, -0.15) is 8.42 Å². The highest BCUT2D eigenvalue weighted by molar-refractivity contribution is 7.63. The summed E-state index contributed by atoms with van der Waals surface area (Å²) in [4.78, 5) is 0. The molecule has 1 rings (SSSR count). The summed E-state index contributed by atoms with van der Waals surface area (Å²) in [6.07, 6.45) is 1.13. The van der Waals surface area contributed by atoms with Crippen LogP contribution < -0.4 is 0 Å². The first-order chi connectivity index (χ1) is 4.72. The smallest absolute Gasteiger partial charge is 0.238 e. The molecule has 0 fully saturated rings. The summed E-state index contributed by atoms with van der Waals surface area (Å²) in [5, 5.41) is 10.6. The largest absolute Gasteiger partial charge is 0.805 e. The highest BCUT2D eigenvalue weighted by Crippen LogP contribution is 1.86. The predicted octanol–water partition coefficient (Wildman–Crippen LogP) is 0.245. The van der Waals surface area contributed by atoms with Crippen molar-refractivity contribution in [3.63, 3.8) is 0 Å². The van der Waals surface area contributed by atoms with E-state index < -0.39 is 10.3 Å². The highest BCUT2D eigenvalue weighted by atomic mass is 32.2. The van der Waals surface area contributed by atoms with Crippen LogP contribution in [0.2, 0.25) is 0 Å². The number of aromatic nitrogens is 1. The standard InChI is InChI=1S/C5H4NO3S/c7-6-4-2-1-3-5(6)10(8)9/h1-4H/q-1. The molecule has 0 aliphatic heterocycles. The maximum absolute atomic E-state index is 10.6. The molecule has 0 radical (unpaired) electrons. The number of hydrogen-bond acceptors (Lipinski definition) is 3. The van der Waals surface area contributed by atoms with Crippen LogP contribution >= 0.6 is 0 Å². The van der Waals surface area contributed by atoms with Crippen LogP contribution in [0.15, 0.2) is 24.4 Å². The van der Waals surface area contributed by atoms with Crippen molar-refractivity contribution in [2.75, 3.05) is 0 Å². The molecule has 5 heteroatoms. The number of nitrogens with zero attached hydrogens (tertiary/aromatic N) is 1. The lowest BCUT2D eigenvalue weighted by Gasteiger charge is -2.06. The van der Waals surface area contributed by atoms with Crippen LogP contribution in [0.25, 0.3) is 0 Å². The van der Waals surface area contributed by atoms with Crippen LogP contribution in [0.5, 0.6) is 0 Å². The Morgan fingerprint density at radius 3 is 2.50 bits per heavy atom. The van der Waals surface area contributed by atoms with Gasteiger partial charge in [0.1, 0.15) is 0 Å². The molecule has 0 spiro atoms. The normalized spacial score (nSPS) is 9.20. The van der Waals surface area contributed by atoms with Gasteiger partial charge in [-0.25, -0.2) is 0 Å². The summed E-state index contributed by atoms with van der Waals surface area (Å²) in [6.45, 7) is 0. The minimum Gasteiger partial charge on any atom is -0.805 e. The average molecular weight is 158 g/mol. The molecule has 0 aliphatic rings. The van der Waals surface area contributed by atoms with E-state index in [2.05, 4.69) is 0 Å². The molecule has 1 aromatic rings. The lowest BCUT2D eigenvalue weighted by atomic mass is 10.5. The van der Waals surface area contributed by atoms with Gasteiger partial charge < -0.3 is 9.94 Å². The second-order valence-electron chi connectivity index (χ2n) is 1.60. The predicted molar refractivity (Wildman–Crippen MR) is 35.4 cm³/mol. The van der Waals surface area contributed by atoms with Crippen molar-refractivity contribution in [3.8, 4) is 0 Å². The molecule has 54 valence electrons. The maximum atomic E-state index is 10.6. The fraction of sp³-hybridized carbons (Fsp3) is 0. The van der Waals surface area contributed by atoms with E-state index in [-0.39, 0.29) is 4.64 Å². The molecule has 1 aromatic heterocycles. The fourth-order valence-corrected chi connectivity index (χ4v) is 0.939. The Labute approximate surface area is 58.5 Å². The SMILES string of the molecule is O=S(=O)=c1ccccn1[O-]. The molecule has 0 unspecified atom stereocenters. The summed E-state index contributed by atoms with van der Waals surface area (Å²) in [5.74, 6) is 0. The van der Waals surface area contributed by atoms with Crippen molar-refractivity contribution in [1.82, 2.24) is 4.73 Å². The van der Waals surface area contributed by atoms with Crippen LogP contribution in [0.3, 0.4) is 0 Å². The Kier molecular flexibility index (Phi) is 1.77. The van der Waals surface area contributed by atoms with Crippen molar-refractivity contribution >= 4 is 10.3 Å². The van der Waals surface area contributed by atoms with E-state index in [0.29, 0.717) is 4.73 Å². The monoisotopic (exact) mass is 158 g/mol. The summed E-state index contributed by atoms with van der Waals surface area (Å²) in [6, 6.07) is 4.18. The van der Waals surface area contributed by atoms with Crippen LogP contribution in [0.4, 0.5) is 0 Å². The van der Waals surface area contributed by atoms with Crippen molar-refractivity contribution in [3.05, 3.63) is 34.2 Å². The van der Waals surface area contributed by atoms with Gasteiger partial charge in [0.05, 0.1) is 0 Å². The number of hydrogen-bond donors (Lipinski definition) is 0. The third-order valence-electron chi connectivity index (χ3n) is 0.959. The minimum absolute atomic E-state index is 0.262. The summed E-state index contributed by atoms with van der Waals surface area (Å²) in [7, 11) is -2.44. The fourth-order valence-electron chi connectivity index (χ4n) is 0.542. The molecule has 0 amide bonds. The summed E-state index contributed by atoms with van der Waals surface area (Å²) < 4.78 is 20.4. The van der Waals surface area contributed by atoms with Crippen molar-refractivity contribution < 1.29 is 8.42 Å². The topological polar surface area (TPSA) is 62.1 Å². The van der Waals surface area contributed by atoms with Crippen molar-refractivity contribution in [2.24, 2.45) is 0 Å². The van der Waals surface area contributed by atoms with Gasteiger partial charge in [0, 0.05) is 0 Å². The highest BCUT2D eigenvalue weighted by Gasteiger charge is 1.79. The Morgan fingerprint density at radius 2 is 2.10 bits per heavy atom. The molecular weight excluding hydrogens is 154 g/mol. The first-order valence-electron chi connectivity index (χ1n) is 2.49. The van der Waals surface area contributed by atoms with E-state index in [4.69, 9.17) is 0 Å². The first kappa shape index (κ1) is 6.88. The van der Waals surface area contributed by atoms with E-state index in [1.165, 1.54) is 18.2 Å². The van der Waals surface area contributed by atoms with Crippen molar-refractivity contribution in [2.45, 2.75) is 0 Å². The molecule has 0 N–H and O–H groups in total. The lowest BCUT2D eigenvalue weighted by molar-refractivity contribution is 0.623. The number of rotatable bonds is 0. The Morgan fingerprint density at radius 1 is 1.40 bits per heavy atom. The molecule has 4 nitrogen and oxygen atoms in total. The third-order valence-corrected chi connectivity index (χ3v) is 1.62. The van der Waals surface area contributed by atoms with Gasteiger partial charge in [0.2, 0.25) is 10.3 Å². The molecular formula is C5H4NO3S-. The summed E-state index contributed by atoms with van der Waals surface area (Å²) in [5.41, 5.74) is 0. The third kappa shape index (κ3) is 1.19. The molecule has 0 saturated carbocycles. The maximum Gasteiger partial charge on any atom is 0.238 e. The quantitative estimate of drug-likeness (QED) is 0.508. The zero-order chi connectivity index (χ0) is 7.56. The molecule has 0 aliphatic carbocycles. The Balaban J connectivity index is 3.78. The minimum atomic E-state index is -2.44. The van der Waals surface area contributed by atoms with Crippen molar-refractivity contribution in [1.29, 1.82) is 0 Å². The second kappa shape index (κ2) is 2.57. The van der Waals surface area contributed by atoms with Gasteiger partial charge in [-0.1, -0.05) is 6.07 Å². The van der Waals surface area contributed by atoms with E-state index in [9.17, 15) is 13.6 Å². The Hall–Kier alpha value is -1.23. The molecule has 1 heterocycles. The molecule has 0 bridgehead atoms. The lowest BCUT2D eigenvalue weighted by Crippen LogP contribution is -1.88. The van der Waals surface area contributed by atoms with Gasteiger partial charge in [-0.05, 0) is 18.3 Å². The Bertz CT molecular complexity index is 381. The van der Waals surface area contributed by atoms with Gasteiger partial charge in [0.15, 0.2) is 4.64 Å². The summed E-state index contributed by atoms with van der Waals surface area (Å²) >= 11 is 0. The first-order valence-corrected chi connectivity index (χ1v) is 3.57. The van der Waals surface area contributed by atoms with Gasteiger partial charge in [-0.15, -0.1) is 0 Å². The zero-order valence-electron chi connectivity index (χ0n) is 4.89. The van der Waals surface area contributed by atoms with Gasteiger partial charge >= 0.3 is 0 Å². The molecule has 0 atom stereocenters. The van der Waals surface area contributed by atoms with Crippen LogP contribution in [-0.4, -0.2) is 13.1 Å². The number of pyridine rings is 1. The van der Waals surface area contributed by atoms with E-state index in [1.54, 1.807) is 0 Å². The zero-order valence-corrected chi connectivity index (χ0v) is 5.71. The van der Waals surface area contributed by atoms with Crippen LogP contribution in [-0.2, 0) is 10.3 Å². The second-order valence-corrected chi connectivity index (χ2v) is 2.49. The van der Waals surface area contributed by atoms with Gasteiger partial charge in [-0.3, -0.25) is 0 Å². The van der Waals surface area contributed by atoms with E-state index in [0.717, 1.165) is 6.20 Å². The molecule has 0 saturated heterocycles. The van der Waals surface area contributed by atoms with Crippen LogP contribution in [0.1, 0.15) is 0 Å².